The molecule has 0 N–H and O–H groups in total. The number of aryl methyl sites for hydroxylation is 1. The second-order valence-electron chi connectivity index (χ2n) is 6.55. The van der Waals surface area contributed by atoms with Gasteiger partial charge in [0.05, 0.1) is 19.6 Å². The molecule has 0 saturated carbocycles. The number of nitrogens with zero attached hydrogens (tertiary/aromatic N) is 5. The lowest BCUT2D eigenvalue weighted by atomic mass is 10.2. The fourth-order valence-electron chi connectivity index (χ4n) is 3.47. The summed E-state index contributed by atoms with van der Waals surface area (Å²) in [5, 5.41) is 4.63. The van der Waals surface area contributed by atoms with Gasteiger partial charge in [0, 0.05) is 12.6 Å². The number of rotatable bonds is 3. The van der Waals surface area contributed by atoms with Crippen LogP contribution in [0, 0.1) is 0 Å². The summed E-state index contributed by atoms with van der Waals surface area (Å²) >= 11 is 5.75. The second-order valence-corrected chi connectivity index (χ2v) is 6.93. The topological polar surface area (TPSA) is 73.0 Å². The molecule has 2 aliphatic heterocycles. The molecule has 0 aliphatic carbocycles. The van der Waals surface area contributed by atoms with Crippen LogP contribution in [0.3, 0.4) is 0 Å². The maximum Gasteiger partial charge on any atom is 0.346 e. The third-order valence-corrected chi connectivity index (χ3v) is 5.02. The predicted octanol–water partition coefficient (Wildman–Crippen LogP) is 1.15. The van der Waals surface area contributed by atoms with Crippen molar-refractivity contribution in [3.05, 3.63) is 45.4 Å². The van der Waals surface area contributed by atoms with E-state index in [9.17, 15) is 18.4 Å². The zero-order valence-electron chi connectivity index (χ0n) is 13.7. The third-order valence-electron chi connectivity index (χ3n) is 4.79. The zero-order valence-corrected chi connectivity index (χ0v) is 14.4. The molecule has 0 radical (unpaired) electrons. The van der Waals surface area contributed by atoms with Gasteiger partial charge in [-0.3, -0.25) is 9.36 Å². The smallest absolute Gasteiger partial charge is 0.335 e. The number of hydrogen-bond donors (Lipinski definition) is 0. The highest BCUT2D eigenvalue weighted by Crippen LogP contribution is 2.27. The SMILES string of the molecule is O=C(C1CCc2nn(Cc3ccc(Cl)nc3)c(=O)n21)N1C[C@@H](F)[C@@H](F)C1. The van der Waals surface area contributed by atoms with E-state index in [1.54, 1.807) is 18.3 Å². The molecule has 4 rings (SSSR count). The predicted molar refractivity (Wildman–Crippen MR) is 88.6 cm³/mol. The van der Waals surface area contributed by atoms with E-state index in [-0.39, 0.29) is 19.6 Å². The Morgan fingerprint density at radius 1 is 1.27 bits per heavy atom. The Morgan fingerprint density at radius 3 is 2.65 bits per heavy atom. The van der Waals surface area contributed by atoms with Crippen LogP contribution < -0.4 is 5.69 Å². The molecule has 1 unspecified atom stereocenters. The van der Waals surface area contributed by atoms with Gasteiger partial charge in [0.1, 0.15) is 17.0 Å². The number of fused-ring (bicyclic) bond motifs is 1. The van der Waals surface area contributed by atoms with Gasteiger partial charge in [0.15, 0.2) is 12.3 Å². The molecule has 10 heteroatoms. The summed E-state index contributed by atoms with van der Waals surface area (Å²) in [7, 11) is 0. The minimum Gasteiger partial charge on any atom is -0.335 e. The van der Waals surface area contributed by atoms with E-state index in [1.165, 1.54) is 9.25 Å². The Kier molecular flexibility index (Phi) is 4.26. The Balaban J connectivity index is 1.57. The second kappa shape index (κ2) is 6.46. The molecule has 0 bridgehead atoms. The number of carbonyl (C=O) groups excluding carboxylic acids is 1. The third kappa shape index (κ3) is 2.90. The number of pyridine rings is 1. The number of carbonyl (C=O) groups is 1. The number of alkyl halides is 2. The van der Waals surface area contributed by atoms with Crippen molar-refractivity contribution in [2.45, 2.75) is 37.8 Å². The van der Waals surface area contributed by atoms with E-state index in [1.807, 2.05) is 0 Å². The Morgan fingerprint density at radius 2 is 2.00 bits per heavy atom. The van der Waals surface area contributed by atoms with Gasteiger partial charge in [-0.2, -0.15) is 5.10 Å². The van der Waals surface area contributed by atoms with Gasteiger partial charge < -0.3 is 4.90 Å². The standard InChI is InChI=1S/C16H16ClF2N5O2/c17-13-3-1-9(5-20-13)6-23-16(26)24-12(2-4-14(24)21-23)15(25)22-7-10(18)11(19)8-22/h1,3,5,10-12H,2,4,6-8H2/t10-,11+,12?. The number of aromatic nitrogens is 4. The normalized spacial score (nSPS) is 24.9. The van der Waals surface area contributed by atoms with Gasteiger partial charge >= 0.3 is 5.69 Å². The highest BCUT2D eigenvalue weighted by atomic mass is 35.5. The van der Waals surface area contributed by atoms with Gasteiger partial charge in [0.2, 0.25) is 5.91 Å². The highest BCUT2D eigenvalue weighted by Gasteiger charge is 2.41. The molecule has 2 aliphatic rings. The van der Waals surface area contributed by atoms with Crippen molar-refractivity contribution in [3.8, 4) is 0 Å². The van der Waals surface area contributed by atoms with Crippen molar-refractivity contribution in [2.24, 2.45) is 0 Å². The minimum atomic E-state index is -1.67. The molecule has 1 amide bonds. The molecule has 0 aromatic carbocycles. The fourth-order valence-corrected chi connectivity index (χ4v) is 3.58. The monoisotopic (exact) mass is 383 g/mol. The van der Waals surface area contributed by atoms with Crippen LogP contribution >= 0.6 is 11.6 Å². The average molecular weight is 384 g/mol. The Hall–Kier alpha value is -2.29. The van der Waals surface area contributed by atoms with Crippen LogP contribution in [0.25, 0.3) is 0 Å². The first kappa shape index (κ1) is 17.1. The molecule has 2 aromatic rings. The van der Waals surface area contributed by atoms with E-state index in [0.29, 0.717) is 23.8 Å². The number of halogens is 3. The summed E-state index contributed by atoms with van der Waals surface area (Å²) in [6.45, 7) is -0.344. The minimum absolute atomic E-state index is 0.201. The summed E-state index contributed by atoms with van der Waals surface area (Å²) in [6.07, 6.45) is -0.920. The maximum atomic E-state index is 13.4. The van der Waals surface area contributed by atoms with Crippen molar-refractivity contribution >= 4 is 17.5 Å². The van der Waals surface area contributed by atoms with Crippen LogP contribution in [0.5, 0.6) is 0 Å². The van der Waals surface area contributed by atoms with Crippen molar-refractivity contribution < 1.29 is 13.6 Å². The first-order valence-corrected chi connectivity index (χ1v) is 8.67. The molecule has 138 valence electrons. The summed E-state index contributed by atoms with van der Waals surface area (Å²) in [5.41, 5.74) is 0.329. The highest BCUT2D eigenvalue weighted by molar-refractivity contribution is 6.29. The molecule has 26 heavy (non-hydrogen) atoms. The van der Waals surface area contributed by atoms with E-state index in [2.05, 4.69) is 10.1 Å². The zero-order chi connectivity index (χ0) is 18.4. The lowest BCUT2D eigenvalue weighted by Gasteiger charge is -2.20. The quantitative estimate of drug-likeness (QED) is 0.745. The van der Waals surface area contributed by atoms with Crippen LogP contribution in [0.1, 0.15) is 23.9 Å². The van der Waals surface area contributed by atoms with Gasteiger partial charge in [0.25, 0.3) is 0 Å². The molecule has 0 spiro atoms. The largest absolute Gasteiger partial charge is 0.346 e. The summed E-state index contributed by atoms with van der Waals surface area (Å²) in [6, 6.07) is 2.60. The number of hydrogen-bond acceptors (Lipinski definition) is 4. The summed E-state index contributed by atoms with van der Waals surface area (Å²) < 4.78 is 29.4. The van der Waals surface area contributed by atoms with Crippen LogP contribution in [0.15, 0.2) is 23.1 Å². The summed E-state index contributed by atoms with van der Waals surface area (Å²) in [5.74, 6) is 0.0735. The molecular formula is C16H16ClF2N5O2. The fraction of sp³-hybridized carbons (Fsp3) is 0.500. The Labute approximate surface area is 152 Å². The van der Waals surface area contributed by atoms with Crippen LogP contribution in [0.2, 0.25) is 5.15 Å². The van der Waals surface area contributed by atoms with Crippen LogP contribution in [-0.2, 0) is 17.8 Å². The van der Waals surface area contributed by atoms with E-state index < -0.39 is 30.0 Å². The lowest BCUT2D eigenvalue weighted by Crippen LogP contribution is -2.39. The van der Waals surface area contributed by atoms with Gasteiger partial charge in [-0.15, -0.1) is 0 Å². The first-order valence-electron chi connectivity index (χ1n) is 8.29. The van der Waals surface area contributed by atoms with E-state index in [4.69, 9.17) is 11.6 Å². The molecule has 2 aromatic heterocycles. The number of likely N-dealkylation sites (tertiary alicyclic amines) is 1. The molecule has 7 nitrogen and oxygen atoms in total. The van der Waals surface area contributed by atoms with Gasteiger partial charge in [-0.05, 0) is 18.1 Å². The first-order chi connectivity index (χ1) is 12.4. The van der Waals surface area contributed by atoms with Gasteiger partial charge in [-0.25, -0.2) is 23.2 Å². The summed E-state index contributed by atoms with van der Waals surface area (Å²) in [4.78, 5) is 30.4. The van der Waals surface area contributed by atoms with Crippen molar-refractivity contribution in [2.75, 3.05) is 13.1 Å². The lowest BCUT2D eigenvalue weighted by molar-refractivity contribution is -0.133. The van der Waals surface area contributed by atoms with Crippen molar-refractivity contribution in [1.82, 2.24) is 24.2 Å². The van der Waals surface area contributed by atoms with E-state index in [0.717, 1.165) is 10.5 Å². The van der Waals surface area contributed by atoms with Crippen LogP contribution in [-0.4, -0.2) is 55.6 Å². The molecule has 1 fully saturated rings. The van der Waals surface area contributed by atoms with Crippen LogP contribution in [0.4, 0.5) is 8.78 Å². The molecular weight excluding hydrogens is 368 g/mol. The molecule has 3 atom stereocenters. The Bertz CT molecular complexity index is 887. The van der Waals surface area contributed by atoms with E-state index >= 15 is 0 Å². The maximum absolute atomic E-state index is 13.4. The van der Waals surface area contributed by atoms with Crippen molar-refractivity contribution in [1.29, 1.82) is 0 Å². The molecule has 1 saturated heterocycles. The molecule has 4 heterocycles. The van der Waals surface area contributed by atoms with Crippen molar-refractivity contribution in [3.63, 3.8) is 0 Å². The average Bonchev–Trinajstić information content (AvgIpc) is 3.26. The van der Waals surface area contributed by atoms with Gasteiger partial charge in [-0.1, -0.05) is 17.7 Å². The number of amides is 1.